The molecule has 1 aromatic rings. The minimum atomic E-state index is -3.32. The summed E-state index contributed by atoms with van der Waals surface area (Å²) in [6, 6.07) is 4.39. The average Bonchev–Trinajstić information content (AvgIpc) is 2.31. The van der Waals surface area contributed by atoms with Crippen molar-refractivity contribution in [3.05, 3.63) is 28.8 Å². The Hall–Kier alpha value is -0.827. The van der Waals surface area contributed by atoms with E-state index >= 15 is 0 Å². The molecule has 0 N–H and O–H groups in total. The van der Waals surface area contributed by atoms with Crippen LogP contribution in [0.15, 0.2) is 12.1 Å². The van der Waals surface area contributed by atoms with Crippen molar-refractivity contribution in [3.63, 3.8) is 0 Å². The first-order valence-corrected chi connectivity index (χ1v) is 14.0. The zero-order valence-electron chi connectivity index (χ0n) is 16.0. The van der Waals surface area contributed by atoms with Crippen molar-refractivity contribution in [1.29, 1.82) is 0 Å². The predicted octanol–water partition coefficient (Wildman–Crippen LogP) is 5.18. The Morgan fingerprint density at radius 1 is 0.783 bits per heavy atom. The van der Waals surface area contributed by atoms with Crippen molar-refractivity contribution in [1.82, 2.24) is 0 Å². The van der Waals surface area contributed by atoms with Crippen molar-refractivity contribution in [2.24, 2.45) is 10.8 Å². The minimum absolute atomic E-state index is 0.0681. The van der Waals surface area contributed by atoms with Gasteiger partial charge in [-0.2, -0.15) is 0 Å². The molecule has 0 atom stereocenters. The topological polar surface area (TPSA) is 0 Å². The summed E-state index contributed by atoms with van der Waals surface area (Å²) in [4.78, 5) is 0. The van der Waals surface area contributed by atoms with Crippen LogP contribution >= 0.6 is 10.0 Å². The molecule has 124 valence electrons. The van der Waals surface area contributed by atoms with E-state index in [2.05, 4.69) is 95.8 Å². The Bertz CT molecular complexity index is 652. The van der Waals surface area contributed by atoms with Crippen LogP contribution in [0.2, 0.25) is 0 Å². The van der Waals surface area contributed by atoms with Crippen LogP contribution in [0, 0.1) is 52.9 Å². The first-order chi connectivity index (χ1) is 10.2. The molecule has 1 aromatic carbocycles. The van der Waals surface area contributed by atoms with Gasteiger partial charge >= 0.3 is 150 Å². The van der Waals surface area contributed by atoms with E-state index in [9.17, 15) is 0 Å². The monoisotopic (exact) mass is 390 g/mol. The van der Waals surface area contributed by atoms with Crippen LogP contribution in [0.1, 0.15) is 58.2 Å². The summed E-state index contributed by atoms with van der Waals surface area (Å²) in [7, 11) is 7.18. The average molecular weight is 390 g/mol. The molecule has 0 spiro atoms. The number of rotatable bonds is 1. The zero-order chi connectivity index (χ0) is 18.1. The SMILES string of the molecule is Cc1cc(C)[c]([Ge]([Cl])([C]#CC(C)(C)C)[C]#CC(C)(C)C)c(C)c1. The van der Waals surface area contributed by atoms with Crippen molar-refractivity contribution < 1.29 is 0 Å². The van der Waals surface area contributed by atoms with E-state index in [4.69, 9.17) is 10.0 Å². The van der Waals surface area contributed by atoms with Gasteiger partial charge in [0, 0.05) is 0 Å². The molecule has 0 saturated carbocycles. The second kappa shape index (κ2) is 6.96. The molecular weight excluding hydrogens is 360 g/mol. The number of hydrogen-bond donors (Lipinski definition) is 0. The molecule has 0 aliphatic carbocycles. The molecule has 0 bridgehead atoms. The van der Waals surface area contributed by atoms with Crippen LogP contribution < -0.4 is 4.40 Å². The Morgan fingerprint density at radius 2 is 1.13 bits per heavy atom. The number of benzene rings is 1. The maximum absolute atomic E-state index is 7.18. The molecular formula is C21H29ClGe. The summed E-state index contributed by atoms with van der Waals surface area (Å²) >= 11 is -3.32. The molecule has 0 nitrogen and oxygen atoms in total. The Labute approximate surface area is 149 Å². The van der Waals surface area contributed by atoms with Gasteiger partial charge in [-0.1, -0.05) is 0 Å². The molecule has 0 fully saturated rings. The van der Waals surface area contributed by atoms with Crippen molar-refractivity contribution in [3.8, 4) is 21.3 Å². The molecule has 0 radical (unpaired) electrons. The molecule has 0 unspecified atom stereocenters. The Kier molecular flexibility index (Phi) is 6.12. The van der Waals surface area contributed by atoms with Crippen molar-refractivity contribution in [2.75, 3.05) is 0 Å². The van der Waals surface area contributed by atoms with Crippen molar-refractivity contribution >= 4 is 26.7 Å². The van der Waals surface area contributed by atoms with E-state index in [1.807, 2.05) is 0 Å². The second-order valence-electron chi connectivity index (χ2n) is 8.43. The fraction of sp³-hybridized carbons (Fsp3) is 0.524. The van der Waals surface area contributed by atoms with E-state index in [1.54, 1.807) is 0 Å². The molecule has 0 heterocycles. The van der Waals surface area contributed by atoms with Crippen LogP contribution in [-0.4, -0.2) is 12.3 Å². The maximum atomic E-state index is 7.18. The van der Waals surface area contributed by atoms with Crippen LogP contribution in [-0.2, 0) is 0 Å². The van der Waals surface area contributed by atoms with Crippen LogP contribution in [0.3, 0.4) is 0 Å². The molecule has 1 rings (SSSR count). The Morgan fingerprint density at radius 3 is 1.43 bits per heavy atom. The summed E-state index contributed by atoms with van der Waals surface area (Å²) in [6.45, 7) is 19.1. The molecule has 2 heteroatoms. The van der Waals surface area contributed by atoms with Gasteiger partial charge in [0.15, 0.2) is 0 Å². The van der Waals surface area contributed by atoms with E-state index in [-0.39, 0.29) is 10.8 Å². The summed E-state index contributed by atoms with van der Waals surface area (Å²) in [5.74, 6) is 6.73. The van der Waals surface area contributed by atoms with Gasteiger partial charge in [-0.15, -0.1) is 0 Å². The standard InChI is InChI=1S/C21H29ClGe/c1-16-14-17(2)19(18(3)15-16)23(22,12-10-20(4,5)6)13-11-21(7,8)9/h14-15H,1-9H3. The van der Waals surface area contributed by atoms with Gasteiger partial charge in [-0.3, -0.25) is 0 Å². The first kappa shape index (κ1) is 20.2. The van der Waals surface area contributed by atoms with Gasteiger partial charge in [0.2, 0.25) is 0 Å². The van der Waals surface area contributed by atoms with Crippen molar-refractivity contribution in [2.45, 2.75) is 62.3 Å². The molecule has 0 aliphatic heterocycles. The van der Waals surface area contributed by atoms with Crippen LogP contribution in [0.5, 0.6) is 0 Å². The summed E-state index contributed by atoms with van der Waals surface area (Å²) in [6.07, 6.45) is 0. The molecule has 0 aliphatic rings. The van der Waals surface area contributed by atoms with Gasteiger partial charge in [0.05, 0.1) is 0 Å². The third-order valence-corrected chi connectivity index (χ3v) is 10.3. The molecule has 0 amide bonds. The van der Waals surface area contributed by atoms with Gasteiger partial charge in [0.25, 0.3) is 0 Å². The predicted molar refractivity (Wildman–Crippen MR) is 106 cm³/mol. The van der Waals surface area contributed by atoms with Gasteiger partial charge in [-0.25, -0.2) is 0 Å². The van der Waals surface area contributed by atoms with Gasteiger partial charge in [-0.05, 0) is 0 Å². The van der Waals surface area contributed by atoms with Crippen LogP contribution in [0.25, 0.3) is 0 Å². The molecule has 0 aromatic heterocycles. The zero-order valence-corrected chi connectivity index (χ0v) is 18.9. The van der Waals surface area contributed by atoms with E-state index in [0.29, 0.717) is 0 Å². The number of aryl methyl sites for hydroxylation is 3. The summed E-state index contributed by atoms with van der Waals surface area (Å²) < 4.78 is 8.12. The fourth-order valence-corrected chi connectivity index (χ4v) is 10.0. The van der Waals surface area contributed by atoms with E-state index < -0.39 is 12.3 Å². The van der Waals surface area contributed by atoms with Gasteiger partial charge < -0.3 is 0 Å². The molecule has 0 saturated heterocycles. The van der Waals surface area contributed by atoms with Crippen LogP contribution in [0.4, 0.5) is 0 Å². The summed E-state index contributed by atoms with van der Waals surface area (Å²) in [5.41, 5.74) is 3.58. The third-order valence-electron chi connectivity index (χ3n) is 3.24. The molecule has 23 heavy (non-hydrogen) atoms. The van der Waals surface area contributed by atoms with Gasteiger partial charge in [0.1, 0.15) is 0 Å². The Balaban J connectivity index is 3.64. The van der Waals surface area contributed by atoms with E-state index in [0.717, 1.165) is 0 Å². The normalized spacial score (nSPS) is 12.1. The second-order valence-corrected chi connectivity index (χ2v) is 16.2. The first-order valence-electron chi connectivity index (χ1n) is 8.09. The quantitative estimate of drug-likeness (QED) is 0.459. The number of hydrogen-bond acceptors (Lipinski definition) is 0. The van der Waals surface area contributed by atoms with E-state index in [1.165, 1.54) is 21.1 Å². The third kappa shape index (κ3) is 6.29. The summed E-state index contributed by atoms with van der Waals surface area (Å²) in [5, 5.41) is 0. The fourth-order valence-electron chi connectivity index (χ4n) is 2.43. The number of halogens is 1.